The van der Waals surface area contributed by atoms with Crippen LogP contribution in [0.3, 0.4) is 0 Å². The number of nitrogens with one attached hydrogen (secondary N) is 1. The van der Waals surface area contributed by atoms with Crippen LogP contribution < -0.4 is 4.72 Å². The second kappa shape index (κ2) is 6.08. The minimum atomic E-state index is -4.15. The third kappa shape index (κ3) is 3.66. The molecule has 0 atom stereocenters. The molecule has 9 heteroatoms. The molecule has 0 bridgehead atoms. The Labute approximate surface area is 139 Å². The van der Waals surface area contributed by atoms with E-state index in [-0.39, 0.29) is 10.8 Å². The summed E-state index contributed by atoms with van der Waals surface area (Å²) in [6, 6.07) is 4.97. The summed E-state index contributed by atoms with van der Waals surface area (Å²) in [6.45, 7) is 1.59. The molecular weight excluding hydrogens is 406 g/mol. The highest BCUT2D eigenvalue weighted by atomic mass is 79.9. The molecule has 0 aliphatic rings. The largest absolute Gasteiger partial charge is 0.266 e. The van der Waals surface area contributed by atoms with Crippen LogP contribution in [0.2, 0.25) is 10.0 Å². The van der Waals surface area contributed by atoms with Crippen molar-refractivity contribution in [3.8, 4) is 0 Å². The van der Waals surface area contributed by atoms with Crippen LogP contribution in [-0.2, 0) is 10.0 Å². The molecule has 0 saturated heterocycles. The lowest BCUT2D eigenvalue weighted by Crippen LogP contribution is -2.16. The van der Waals surface area contributed by atoms with Crippen LogP contribution in [0.25, 0.3) is 0 Å². The fourth-order valence-corrected chi connectivity index (χ4v) is 3.38. The summed E-state index contributed by atoms with van der Waals surface area (Å²) in [5.41, 5.74) is 0.398. The maximum absolute atomic E-state index is 13.8. The highest BCUT2D eigenvalue weighted by Crippen LogP contribution is 2.28. The number of benzene rings is 1. The van der Waals surface area contributed by atoms with E-state index in [1.807, 2.05) is 0 Å². The van der Waals surface area contributed by atoms with Crippen molar-refractivity contribution in [1.82, 2.24) is 4.98 Å². The van der Waals surface area contributed by atoms with Crippen LogP contribution in [0.15, 0.2) is 33.6 Å². The third-order valence-electron chi connectivity index (χ3n) is 2.52. The molecule has 0 amide bonds. The Morgan fingerprint density at radius 1 is 1.24 bits per heavy atom. The second-order valence-electron chi connectivity index (χ2n) is 4.07. The molecule has 1 aromatic carbocycles. The third-order valence-corrected chi connectivity index (χ3v) is 5.06. The molecule has 2 aromatic rings. The smallest absolute Gasteiger partial charge is 0.262 e. The number of halogens is 4. The topological polar surface area (TPSA) is 59.1 Å². The van der Waals surface area contributed by atoms with Gasteiger partial charge in [-0.15, -0.1) is 0 Å². The molecule has 1 heterocycles. The molecule has 0 radical (unpaired) electrons. The van der Waals surface area contributed by atoms with Crippen LogP contribution in [0.1, 0.15) is 5.69 Å². The lowest BCUT2D eigenvalue weighted by Gasteiger charge is -2.11. The molecule has 0 spiro atoms. The molecule has 1 N–H and O–H groups in total. The van der Waals surface area contributed by atoms with E-state index in [0.29, 0.717) is 15.2 Å². The van der Waals surface area contributed by atoms with Crippen molar-refractivity contribution in [3.05, 3.63) is 50.3 Å². The standard InChI is InChI=1S/C12H8BrCl2FN2O2S/c1-6-8(14)5-9(15)12(17-6)18-21(19,20)11-3-2-7(13)4-10(11)16/h2-5H,1H3,(H,17,18). The quantitative estimate of drug-likeness (QED) is 0.811. The minimum Gasteiger partial charge on any atom is -0.262 e. The fraction of sp³-hybridized carbons (Fsp3) is 0.0833. The average Bonchev–Trinajstić information content (AvgIpc) is 2.35. The zero-order valence-corrected chi connectivity index (χ0v) is 14.4. The van der Waals surface area contributed by atoms with Crippen molar-refractivity contribution in [1.29, 1.82) is 0 Å². The van der Waals surface area contributed by atoms with Gasteiger partial charge in [0.15, 0.2) is 5.82 Å². The predicted molar refractivity (Wildman–Crippen MR) is 83.9 cm³/mol. The van der Waals surface area contributed by atoms with Crippen molar-refractivity contribution in [3.63, 3.8) is 0 Å². The van der Waals surface area contributed by atoms with Crippen molar-refractivity contribution in [2.24, 2.45) is 0 Å². The number of hydrogen-bond donors (Lipinski definition) is 1. The Kier molecular flexibility index (Phi) is 4.77. The maximum atomic E-state index is 13.8. The number of nitrogens with zero attached hydrogens (tertiary/aromatic N) is 1. The molecule has 2 rings (SSSR count). The first-order chi connectivity index (χ1) is 9.70. The Morgan fingerprint density at radius 2 is 1.90 bits per heavy atom. The average molecular weight is 414 g/mol. The summed E-state index contributed by atoms with van der Waals surface area (Å²) in [4.78, 5) is 3.44. The minimum absolute atomic E-state index is 0.0201. The summed E-state index contributed by atoms with van der Waals surface area (Å²) in [5.74, 6) is -1.00. The lowest BCUT2D eigenvalue weighted by molar-refractivity contribution is 0.569. The first-order valence-electron chi connectivity index (χ1n) is 5.51. The molecular formula is C12H8BrCl2FN2O2S. The van der Waals surface area contributed by atoms with Gasteiger partial charge in [0, 0.05) is 4.47 Å². The number of rotatable bonds is 3. The van der Waals surface area contributed by atoms with Gasteiger partial charge in [0.05, 0.1) is 15.7 Å². The fourth-order valence-electron chi connectivity index (χ4n) is 1.51. The first-order valence-corrected chi connectivity index (χ1v) is 8.54. The Morgan fingerprint density at radius 3 is 2.52 bits per heavy atom. The summed E-state index contributed by atoms with van der Waals surface area (Å²) >= 11 is 14.8. The second-order valence-corrected chi connectivity index (χ2v) is 7.45. The van der Waals surface area contributed by atoms with E-state index in [1.165, 1.54) is 12.1 Å². The van der Waals surface area contributed by atoms with E-state index in [0.717, 1.165) is 12.1 Å². The zero-order valence-electron chi connectivity index (χ0n) is 10.5. The highest BCUT2D eigenvalue weighted by molar-refractivity contribution is 9.10. The van der Waals surface area contributed by atoms with E-state index < -0.39 is 20.7 Å². The van der Waals surface area contributed by atoms with Gasteiger partial charge in [-0.25, -0.2) is 17.8 Å². The van der Waals surface area contributed by atoms with Crippen molar-refractivity contribution in [2.75, 3.05) is 4.72 Å². The van der Waals surface area contributed by atoms with Crippen LogP contribution in [0.4, 0.5) is 10.2 Å². The summed E-state index contributed by atoms with van der Waals surface area (Å²) in [7, 11) is -4.15. The molecule has 4 nitrogen and oxygen atoms in total. The van der Waals surface area contributed by atoms with Crippen molar-refractivity contribution < 1.29 is 12.8 Å². The molecule has 0 unspecified atom stereocenters. The number of sulfonamides is 1. The highest BCUT2D eigenvalue weighted by Gasteiger charge is 2.21. The normalized spacial score (nSPS) is 11.5. The molecule has 1 aromatic heterocycles. The van der Waals surface area contributed by atoms with E-state index in [1.54, 1.807) is 6.92 Å². The van der Waals surface area contributed by atoms with E-state index in [4.69, 9.17) is 23.2 Å². The van der Waals surface area contributed by atoms with Gasteiger partial charge in [-0.05, 0) is 31.2 Å². The number of hydrogen-bond acceptors (Lipinski definition) is 3. The zero-order chi connectivity index (χ0) is 15.8. The monoisotopic (exact) mass is 412 g/mol. The van der Waals surface area contributed by atoms with Gasteiger partial charge < -0.3 is 0 Å². The molecule has 0 aliphatic heterocycles. The molecule has 112 valence electrons. The molecule has 0 aliphatic carbocycles. The number of pyridine rings is 1. The summed E-state index contributed by atoms with van der Waals surface area (Å²) in [6.07, 6.45) is 0. The van der Waals surface area contributed by atoms with Crippen LogP contribution in [0.5, 0.6) is 0 Å². The van der Waals surface area contributed by atoms with Gasteiger partial charge in [0.1, 0.15) is 10.7 Å². The van der Waals surface area contributed by atoms with E-state index in [2.05, 4.69) is 25.6 Å². The molecule has 21 heavy (non-hydrogen) atoms. The van der Waals surface area contributed by atoms with Crippen LogP contribution in [-0.4, -0.2) is 13.4 Å². The Hall–Kier alpha value is -0.890. The van der Waals surface area contributed by atoms with Gasteiger partial charge in [-0.3, -0.25) is 4.72 Å². The summed E-state index contributed by atoms with van der Waals surface area (Å²) < 4.78 is 40.7. The van der Waals surface area contributed by atoms with E-state index in [9.17, 15) is 12.8 Å². The molecule has 0 saturated carbocycles. The SMILES string of the molecule is Cc1nc(NS(=O)(=O)c2ccc(Br)cc2F)c(Cl)cc1Cl. The lowest BCUT2D eigenvalue weighted by atomic mass is 10.3. The Bertz CT molecular complexity index is 815. The number of aryl methyl sites for hydroxylation is 1. The van der Waals surface area contributed by atoms with Crippen molar-refractivity contribution in [2.45, 2.75) is 11.8 Å². The molecule has 0 fully saturated rings. The van der Waals surface area contributed by atoms with Crippen LogP contribution in [0, 0.1) is 12.7 Å². The van der Waals surface area contributed by atoms with Gasteiger partial charge in [0.25, 0.3) is 10.0 Å². The van der Waals surface area contributed by atoms with Crippen molar-refractivity contribution >= 4 is 55.0 Å². The van der Waals surface area contributed by atoms with Gasteiger partial charge in [0.2, 0.25) is 0 Å². The van der Waals surface area contributed by atoms with Gasteiger partial charge in [-0.1, -0.05) is 39.1 Å². The van der Waals surface area contributed by atoms with Gasteiger partial charge in [-0.2, -0.15) is 0 Å². The number of anilines is 1. The number of aromatic nitrogens is 1. The maximum Gasteiger partial charge on any atom is 0.266 e. The Balaban J connectivity index is 2.45. The van der Waals surface area contributed by atoms with E-state index >= 15 is 0 Å². The predicted octanol–water partition coefficient (Wildman–Crippen LogP) is 4.40. The van der Waals surface area contributed by atoms with Crippen LogP contribution >= 0.6 is 39.1 Å². The van der Waals surface area contributed by atoms with Gasteiger partial charge >= 0.3 is 0 Å². The summed E-state index contributed by atoms with van der Waals surface area (Å²) in [5, 5.41) is 0.324. The first kappa shape index (κ1) is 16.5.